The highest BCUT2D eigenvalue weighted by atomic mass is 79.9. The van der Waals surface area contributed by atoms with Crippen molar-refractivity contribution in [2.45, 2.75) is 25.8 Å². The lowest BCUT2D eigenvalue weighted by atomic mass is 9.93. The van der Waals surface area contributed by atoms with Crippen LogP contribution in [-0.4, -0.2) is 25.2 Å². The van der Waals surface area contributed by atoms with Crippen LogP contribution >= 0.6 is 15.9 Å². The fourth-order valence-electron chi connectivity index (χ4n) is 2.29. The van der Waals surface area contributed by atoms with Gasteiger partial charge >= 0.3 is 0 Å². The SMILES string of the molecule is CC(NC(=O)c1cc(Br)ccc1F)C1CCOCC1. The number of carbonyl (C=O) groups is 1. The lowest BCUT2D eigenvalue weighted by Crippen LogP contribution is -2.40. The van der Waals surface area contributed by atoms with E-state index in [9.17, 15) is 9.18 Å². The highest BCUT2D eigenvalue weighted by Crippen LogP contribution is 2.20. The van der Waals surface area contributed by atoms with E-state index in [1.807, 2.05) is 6.92 Å². The Morgan fingerprint density at radius 2 is 2.16 bits per heavy atom. The summed E-state index contributed by atoms with van der Waals surface area (Å²) in [4.78, 5) is 12.1. The zero-order valence-corrected chi connectivity index (χ0v) is 12.4. The van der Waals surface area contributed by atoms with Gasteiger partial charge in [0.2, 0.25) is 0 Å². The minimum Gasteiger partial charge on any atom is -0.381 e. The molecule has 1 aliphatic rings. The van der Waals surface area contributed by atoms with Crippen LogP contribution in [-0.2, 0) is 4.74 Å². The Morgan fingerprint density at radius 3 is 2.84 bits per heavy atom. The highest BCUT2D eigenvalue weighted by Gasteiger charge is 2.23. The zero-order chi connectivity index (χ0) is 13.8. The lowest BCUT2D eigenvalue weighted by molar-refractivity contribution is 0.0537. The van der Waals surface area contributed by atoms with Crippen molar-refractivity contribution in [2.24, 2.45) is 5.92 Å². The van der Waals surface area contributed by atoms with Crippen LogP contribution in [0.3, 0.4) is 0 Å². The predicted octanol–water partition coefficient (Wildman–Crippen LogP) is 3.13. The fraction of sp³-hybridized carbons (Fsp3) is 0.500. The van der Waals surface area contributed by atoms with Gasteiger partial charge in [-0.25, -0.2) is 4.39 Å². The number of rotatable bonds is 3. The molecule has 5 heteroatoms. The van der Waals surface area contributed by atoms with E-state index in [1.54, 1.807) is 6.07 Å². The van der Waals surface area contributed by atoms with Gasteiger partial charge in [-0.1, -0.05) is 15.9 Å². The molecule has 1 fully saturated rings. The summed E-state index contributed by atoms with van der Waals surface area (Å²) in [6.45, 7) is 3.43. The van der Waals surface area contributed by atoms with Crippen LogP contribution in [0.4, 0.5) is 4.39 Å². The second-order valence-corrected chi connectivity index (χ2v) is 5.75. The number of amides is 1. The Hall–Kier alpha value is -0.940. The fourth-order valence-corrected chi connectivity index (χ4v) is 2.65. The molecule has 1 aliphatic heterocycles. The summed E-state index contributed by atoms with van der Waals surface area (Å²) in [6, 6.07) is 4.39. The van der Waals surface area contributed by atoms with Crippen LogP contribution < -0.4 is 5.32 Å². The van der Waals surface area contributed by atoms with Crippen molar-refractivity contribution in [1.29, 1.82) is 0 Å². The first-order valence-corrected chi connectivity index (χ1v) is 7.21. The molecule has 19 heavy (non-hydrogen) atoms. The molecule has 1 aromatic rings. The average Bonchev–Trinajstić information content (AvgIpc) is 2.42. The monoisotopic (exact) mass is 329 g/mol. The molecule has 0 aliphatic carbocycles. The second-order valence-electron chi connectivity index (χ2n) is 4.84. The number of carbonyl (C=O) groups excluding carboxylic acids is 1. The van der Waals surface area contributed by atoms with Gasteiger partial charge in [0.05, 0.1) is 5.56 Å². The van der Waals surface area contributed by atoms with Gasteiger partial charge in [0, 0.05) is 23.7 Å². The van der Waals surface area contributed by atoms with E-state index >= 15 is 0 Å². The van der Waals surface area contributed by atoms with Gasteiger partial charge in [0.15, 0.2) is 0 Å². The predicted molar refractivity (Wildman–Crippen MR) is 74.6 cm³/mol. The normalized spacial score (nSPS) is 18.1. The van der Waals surface area contributed by atoms with Crippen LogP contribution in [0.2, 0.25) is 0 Å². The molecule has 1 heterocycles. The number of benzene rings is 1. The number of hydrogen-bond donors (Lipinski definition) is 1. The molecule has 0 spiro atoms. The summed E-state index contributed by atoms with van der Waals surface area (Å²) in [5.41, 5.74) is 0.0771. The van der Waals surface area contributed by atoms with Gasteiger partial charge in [-0.3, -0.25) is 4.79 Å². The van der Waals surface area contributed by atoms with Crippen molar-refractivity contribution in [3.8, 4) is 0 Å². The van der Waals surface area contributed by atoms with E-state index in [4.69, 9.17) is 4.74 Å². The molecule has 1 N–H and O–H groups in total. The maximum absolute atomic E-state index is 13.6. The van der Waals surface area contributed by atoms with Crippen molar-refractivity contribution in [3.05, 3.63) is 34.1 Å². The maximum atomic E-state index is 13.6. The largest absolute Gasteiger partial charge is 0.381 e. The number of hydrogen-bond acceptors (Lipinski definition) is 2. The standard InChI is InChI=1S/C14H17BrFNO2/c1-9(10-4-6-19-7-5-10)17-14(18)12-8-11(15)2-3-13(12)16/h2-3,8-10H,4-7H2,1H3,(H,17,18). The Balaban J connectivity index is 2.01. The molecule has 0 radical (unpaired) electrons. The third-order valence-electron chi connectivity index (χ3n) is 3.50. The minimum atomic E-state index is -0.500. The summed E-state index contributed by atoms with van der Waals surface area (Å²) in [5, 5.41) is 2.88. The Labute approximate surface area is 120 Å². The first-order valence-electron chi connectivity index (χ1n) is 6.41. The molecule has 1 atom stereocenters. The third-order valence-corrected chi connectivity index (χ3v) is 4.00. The summed E-state index contributed by atoms with van der Waals surface area (Å²) in [5.74, 6) is -0.467. The summed E-state index contributed by atoms with van der Waals surface area (Å²) >= 11 is 3.24. The lowest BCUT2D eigenvalue weighted by Gasteiger charge is -2.28. The van der Waals surface area contributed by atoms with Crippen LogP contribution in [0, 0.1) is 11.7 Å². The number of nitrogens with one attached hydrogen (secondary N) is 1. The van der Waals surface area contributed by atoms with E-state index in [0.717, 1.165) is 26.1 Å². The van der Waals surface area contributed by atoms with Crippen molar-refractivity contribution < 1.29 is 13.9 Å². The van der Waals surface area contributed by atoms with Crippen molar-refractivity contribution >= 4 is 21.8 Å². The highest BCUT2D eigenvalue weighted by molar-refractivity contribution is 9.10. The molecule has 2 rings (SSSR count). The average molecular weight is 330 g/mol. The molecule has 1 unspecified atom stereocenters. The number of halogens is 2. The van der Waals surface area contributed by atoms with E-state index < -0.39 is 5.82 Å². The zero-order valence-electron chi connectivity index (χ0n) is 10.8. The van der Waals surface area contributed by atoms with Gasteiger partial charge in [0.25, 0.3) is 5.91 Å². The van der Waals surface area contributed by atoms with E-state index in [1.165, 1.54) is 12.1 Å². The first kappa shape index (κ1) is 14.5. The van der Waals surface area contributed by atoms with Crippen LogP contribution in [0.1, 0.15) is 30.1 Å². The second kappa shape index (κ2) is 6.48. The molecular weight excluding hydrogens is 313 g/mol. The molecule has 1 aromatic carbocycles. The molecule has 1 amide bonds. The molecule has 0 aromatic heterocycles. The van der Waals surface area contributed by atoms with E-state index in [-0.39, 0.29) is 17.5 Å². The van der Waals surface area contributed by atoms with Gasteiger partial charge in [-0.15, -0.1) is 0 Å². The van der Waals surface area contributed by atoms with E-state index in [0.29, 0.717) is 10.4 Å². The summed E-state index contributed by atoms with van der Waals surface area (Å²) < 4.78 is 19.6. The Bertz CT molecular complexity index is 461. The van der Waals surface area contributed by atoms with Gasteiger partial charge in [-0.2, -0.15) is 0 Å². The molecule has 3 nitrogen and oxygen atoms in total. The third kappa shape index (κ3) is 3.76. The molecule has 104 valence electrons. The van der Waals surface area contributed by atoms with Crippen molar-refractivity contribution in [1.82, 2.24) is 5.32 Å². The molecule has 1 saturated heterocycles. The van der Waals surface area contributed by atoms with Crippen LogP contribution in [0.5, 0.6) is 0 Å². The minimum absolute atomic E-state index is 0.0229. The van der Waals surface area contributed by atoms with Gasteiger partial charge < -0.3 is 10.1 Å². The smallest absolute Gasteiger partial charge is 0.254 e. The molecular formula is C14H17BrFNO2. The topological polar surface area (TPSA) is 38.3 Å². The van der Waals surface area contributed by atoms with Crippen molar-refractivity contribution in [2.75, 3.05) is 13.2 Å². The van der Waals surface area contributed by atoms with E-state index in [2.05, 4.69) is 21.2 Å². The summed E-state index contributed by atoms with van der Waals surface area (Å²) in [6.07, 6.45) is 1.87. The maximum Gasteiger partial charge on any atom is 0.254 e. The van der Waals surface area contributed by atoms with Crippen molar-refractivity contribution in [3.63, 3.8) is 0 Å². The van der Waals surface area contributed by atoms with Gasteiger partial charge in [-0.05, 0) is 43.9 Å². The summed E-state index contributed by atoms with van der Waals surface area (Å²) in [7, 11) is 0. The Morgan fingerprint density at radius 1 is 1.47 bits per heavy atom. The quantitative estimate of drug-likeness (QED) is 0.925. The van der Waals surface area contributed by atoms with Crippen LogP contribution in [0.25, 0.3) is 0 Å². The van der Waals surface area contributed by atoms with Crippen LogP contribution in [0.15, 0.2) is 22.7 Å². The molecule has 0 saturated carbocycles. The number of ether oxygens (including phenoxy) is 1. The Kier molecular flexibility index (Phi) is 4.93. The van der Waals surface area contributed by atoms with Gasteiger partial charge in [0.1, 0.15) is 5.82 Å². The first-order chi connectivity index (χ1) is 9.08. The molecule has 0 bridgehead atoms.